The molecule has 4 rings (SSSR count). The maximum Gasteiger partial charge on any atom is 0.243 e. The third kappa shape index (κ3) is 4.33. The topological polar surface area (TPSA) is 62.7 Å². The molecule has 0 aliphatic carbocycles. The highest BCUT2D eigenvalue weighted by Crippen LogP contribution is 2.27. The second-order valence-electron chi connectivity index (χ2n) is 6.96. The van der Waals surface area contributed by atoms with E-state index in [1.54, 1.807) is 18.4 Å². The van der Waals surface area contributed by atoms with Gasteiger partial charge in [-0.1, -0.05) is 24.3 Å². The van der Waals surface area contributed by atoms with Crippen molar-refractivity contribution >= 4 is 26.5 Å². The highest BCUT2D eigenvalue weighted by atomic mass is 32.2. The second-order valence-corrected chi connectivity index (χ2v) is 9.73. The van der Waals surface area contributed by atoms with Crippen LogP contribution in [0, 0.1) is 5.82 Å². The van der Waals surface area contributed by atoms with E-state index in [-0.39, 0.29) is 4.90 Å². The van der Waals surface area contributed by atoms with Crippen LogP contribution in [-0.4, -0.2) is 51.0 Å². The van der Waals surface area contributed by atoms with Crippen LogP contribution in [0.15, 0.2) is 58.8 Å². The van der Waals surface area contributed by atoms with Crippen molar-refractivity contribution in [1.29, 1.82) is 0 Å². The molecule has 2 heterocycles. The van der Waals surface area contributed by atoms with E-state index >= 15 is 0 Å². The van der Waals surface area contributed by atoms with Crippen molar-refractivity contribution in [3.05, 3.63) is 71.0 Å². The summed E-state index contributed by atoms with van der Waals surface area (Å²) in [5.74, 6) is 0.281. The number of para-hydroxylation sites is 1. The van der Waals surface area contributed by atoms with Crippen molar-refractivity contribution < 1.29 is 17.5 Å². The van der Waals surface area contributed by atoms with Gasteiger partial charge < -0.3 is 9.64 Å². The van der Waals surface area contributed by atoms with Crippen LogP contribution in [0.5, 0.6) is 5.75 Å². The van der Waals surface area contributed by atoms with Gasteiger partial charge in [0.1, 0.15) is 11.6 Å². The number of piperazine rings is 1. The molecule has 0 saturated carbocycles. The number of benzene rings is 2. The van der Waals surface area contributed by atoms with Gasteiger partial charge in [-0.2, -0.15) is 4.31 Å². The Morgan fingerprint density at radius 3 is 2.60 bits per heavy atom. The molecule has 0 radical (unpaired) electrons. The SMILES string of the molecule is COc1ccccc1Cc1csc(N2CCN(S(=O)(=O)c3cccc(F)c3)CC2)n1. The zero-order valence-electron chi connectivity index (χ0n) is 16.5. The van der Waals surface area contributed by atoms with Crippen molar-refractivity contribution in [1.82, 2.24) is 9.29 Å². The van der Waals surface area contributed by atoms with Crippen LogP contribution in [0.2, 0.25) is 0 Å². The van der Waals surface area contributed by atoms with Crippen LogP contribution in [0.25, 0.3) is 0 Å². The number of anilines is 1. The van der Waals surface area contributed by atoms with E-state index < -0.39 is 15.8 Å². The van der Waals surface area contributed by atoms with E-state index in [0.29, 0.717) is 32.6 Å². The van der Waals surface area contributed by atoms with E-state index in [1.165, 1.54) is 22.5 Å². The first kappa shape index (κ1) is 20.8. The third-order valence-corrected chi connectivity index (χ3v) is 7.89. The summed E-state index contributed by atoms with van der Waals surface area (Å²) in [6.07, 6.45) is 0.675. The molecule has 0 unspecified atom stereocenters. The van der Waals surface area contributed by atoms with Gasteiger partial charge in [0.25, 0.3) is 0 Å². The fourth-order valence-corrected chi connectivity index (χ4v) is 5.80. The van der Waals surface area contributed by atoms with Crippen LogP contribution < -0.4 is 9.64 Å². The lowest BCUT2D eigenvalue weighted by atomic mass is 10.1. The van der Waals surface area contributed by atoms with E-state index in [9.17, 15) is 12.8 Å². The summed E-state index contributed by atoms with van der Waals surface area (Å²) < 4.78 is 45.8. The fourth-order valence-electron chi connectivity index (χ4n) is 3.46. The first-order valence-electron chi connectivity index (χ1n) is 9.54. The number of hydrogen-bond acceptors (Lipinski definition) is 6. The Morgan fingerprint density at radius 2 is 1.87 bits per heavy atom. The third-order valence-electron chi connectivity index (χ3n) is 5.05. The number of halogens is 1. The predicted molar refractivity (Wildman–Crippen MR) is 115 cm³/mol. The highest BCUT2D eigenvalue weighted by Gasteiger charge is 2.29. The molecule has 158 valence electrons. The molecule has 9 heteroatoms. The zero-order chi connectivity index (χ0) is 21.1. The van der Waals surface area contributed by atoms with Gasteiger partial charge in [0.05, 0.1) is 17.7 Å². The van der Waals surface area contributed by atoms with Crippen LogP contribution in [0.4, 0.5) is 9.52 Å². The molecule has 6 nitrogen and oxygen atoms in total. The summed E-state index contributed by atoms with van der Waals surface area (Å²) >= 11 is 1.55. The number of rotatable bonds is 6. The van der Waals surface area contributed by atoms with Gasteiger partial charge in [0.15, 0.2) is 5.13 Å². The molecule has 1 saturated heterocycles. The molecule has 1 aliphatic heterocycles. The summed E-state index contributed by atoms with van der Waals surface area (Å²) in [6, 6.07) is 13.0. The molecular formula is C21H22FN3O3S2. The van der Waals surface area contributed by atoms with Gasteiger partial charge in [0.2, 0.25) is 10.0 Å². The van der Waals surface area contributed by atoms with Crippen LogP contribution in [-0.2, 0) is 16.4 Å². The number of nitrogens with zero attached hydrogens (tertiary/aromatic N) is 3. The van der Waals surface area contributed by atoms with Gasteiger partial charge in [-0.05, 0) is 24.3 Å². The average Bonchev–Trinajstić information content (AvgIpc) is 3.23. The largest absolute Gasteiger partial charge is 0.496 e. The van der Waals surface area contributed by atoms with Crippen LogP contribution >= 0.6 is 11.3 Å². The minimum Gasteiger partial charge on any atom is -0.496 e. The van der Waals surface area contributed by atoms with Crippen molar-refractivity contribution in [2.75, 3.05) is 38.2 Å². The number of methoxy groups -OCH3 is 1. The molecule has 1 aromatic heterocycles. The van der Waals surface area contributed by atoms with Gasteiger partial charge >= 0.3 is 0 Å². The quantitative estimate of drug-likeness (QED) is 0.580. The van der Waals surface area contributed by atoms with Crippen LogP contribution in [0.3, 0.4) is 0 Å². The van der Waals surface area contributed by atoms with Gasteiger partial charge in [-0.15, -0.1) is 11.3 Å². The van der Waals surface area contributed by atoms with E-state index in [1.807, 2.05) is 29.6 Å². The molecule has 1 aliphatic rings. The van der Waals surface area contributed by atoms with E-state index in [4.69, 9.17) is 9.72 Å². The first-order chi connectivity index (χ1) is 14.5. The lowest BCUT2D eigenvalue weighted by Gasteiger charge is -2.33. The summed E-state index contributed by atoms with van der Waals surface area (Å²) in [6.45, 7) is 1.74. The smallest absolute Gasteiger partial charge is 0.243 e. The normalized spacial score (nSPS) is 15.3. The van der Waals surface area contributed by atoms with Crippen molar-refractivity contribution in [2.45, 2.75) is 11.3 Å². The molecule has 3 aromatic rings. The Hall–Kier alpha value is -2.49. The zero-order valence-corrected chi connectivity index (χ0v) is 18.1. The Labute approximate surface area is 179 Å². The highest BCUT2D eigenvalue weighted by molar-refractivity contribution is 7.89. The van der Waals surface area contributed by atoms with Crippen molar-refractivity contribution in [2.24, 2.45) is 0 Å². The van der Waals surface area contributed by atoms with Crippen molar-refractivity contribution in [3.63, 3.8) is 0 Å². The van der Waals surface area contributed by atoms with E-state index in [0.717, 1.165) is 28.2 Å². The minimum atomic E-state index is -3.70. The standard InChI is InChI=1S/C21H22FN3O3S2/c1-28-20-8-3-2-5-16(20)13-18-15-29-21(23-18)24-9-11-25(12-10-24)30(26,27)19-7-4-6-17(22)14-19/h2-8,14-15H,9-13H2,1H3. The fraction of sp³-hybridized carbons (Fsp3) is 0.286. The molecule has 0 atom stereocenters. The second kappa shape index (κ2) is 8.71. The lowest BCUT2D eigenvalue weighted by molar-refractivity contribution is 0.384. The molecule has 0 amide bonds. The van der Waals surface area contributed by atoms with Gasteiger partial charge in [-0.3, -0.25) is 0 Å². The first-order valence-corrected chi connectivity index (χ1v) is 11.9. The lowest BCUT2D eigenvalue weighted by Crippen LogP contribution is -2.48. The summed E-state index contributed by atoms with van der Waals surface area (Å²) in [5.41, 5.74) is 2.03. The molecule has 0 N–H and O–H groups in total. The monoisotopic (exact) mass is 447 g/mol. The van der Waals surface area contributed by atoms with Gasteiger partial charge in [-0.25, -0.2) is 17.8 Å². The van der Waals surface area contributed by atoms with Gasteiger partial charge in [0, 0.05) is 43.5 Å². The molecular weight excluding hydrogens is 425 g/mol. The molecule has 0 bridgehead atoms. The number of hydrogen-bond donors (Lipinski definition) is 0. The molecule has 30 heavy (non-hydrogen) atoms. The summed E-state index contributed by atoms with van der Waals surface area (Å²) in [7, 11) is -2.04. The number of sulfonamides is 1. The van der Waals surface area contributed by atoms with Crippen LogP contribution in [0.1, 0.15) is 11.3 Å². The Kier molecular flexibility index (Phi) is 6.03. The Balaban J connectivity index is 1.41. The maximum atomic E-state index is 13.4. The van der Waals surface area contributed by atoms with Crippen molar-refractivity contribution in [3.8, 4) is 5.75 Å². The van der Waals surface area contributed by atoms with E-state index in [2.05, 4.69) is 4.90 Å². The Bertz CT molecular complexity index is 1130. The number of ether oxygens (including phenoxy) is 1. The molecule has 0 spiro atoms. The minimum absolute atomic E-state index is 0.00991. The molecule has 1 fully saturated rings. The predicted octanol–water partition coefficient (Wildman–Crippen LogP) is 3.39. The average molecular weight is 448 g/mol. The number of aromatic nitrogens is 1. The maximum absolute atomic E-state index is 13.4. The summed E-state index contributed by atoms with van der Waals surface area (Å²) in [5, 5.41) is 2.90. The number of thiazole rings is 1. The Morgan fingerprint density at radius 1 is 1.10 bits per heavy atom. The summed E-state index contributed by atoms with van der Waals surface area (Å²) in [4.78, 5) is 6.81. The molecule has 2 aromatic carbocycles.